The Morgan fingerprint density at radius 1 is 1.15 bits per heavy atom. The Hall–Kier alpha value is -3.27. The number of carbonyl (C=O) groups is 1. The van der Waals surface area contributed by atoms with Crippen molar-refractivity contribution in [3.8, 4) is 11.9 Å². The van der Waals surface area contributed by atoms with Crippen LogP contribution < -0.4 is 0 Å². The van der Waals surface area contributed by atoms with Gasteiger partial charge in [0.15, 0.2) is 0 Å². The number of hydrogen-bond donors (Lipinski definition) is 0. The summed E-state index contributed by atoms with van der Waals surface area (Å²) in [5, 5.41) is 9.91. The third kappa shape index (κ3) is 3.26. The van der Waals surface area contributed by atoms with E-state index in [1.54, 1.807) is 24.3 Å². The molecule has 0 unspecified atom stereocenters. The number of nitriles is 1. The minimum Gasteiger partial charge on any atom is -0.338 e. The van der Waals surface area contributed by atoms with Crippen molar-refractivity contribution in [3.05, 3.63) is 59.9 Å². The molecule has 27 heavy (non-hydrogen) atoms. The normalized spacial score (nSPS) is 16.3. The molecule has 3 heterocycles. The number of rotatable bonds is 2. The van der Waals surface area contributed by atoms with Gasteiger partial charge in [0.1, 0.15) is 5.82 Å². The monoisotopic (exact) mass is 366 g/mol. The van der Waals surface area contributed by atoms with E-state index in [9.17, 15) is 13.6 Å². The molecule has 0 aliphatic carbocycles. The van der Waals surface area contributed by atoms with Gasteiger partial charge in [-0.3, -0.25) is 4.79 Å². The predicted molar refractivity (Wildman–Crippen MR) is 95.9 cm³/mol. The molecule has 1 aliphatic rings. The van der Waals surface area contributed by atoms with E-state index in [0.717, 1.165) is 10.9 Å². The zero-order valence-electron chi connectivity index (χ0n) is 14.4. The number of fused-ring (bicyclic) bond motifs is 1. The van der Waals surface area contributed by atoms with Crippen LogP contribution >= 0.6 is 0 Å². The molecule has 0 atom stereocenters. The van der Waals surface area contributed by atoms with Crippen LogP contribution in [0.2, 0.25) is 0 Å². The van der Waals surface area contributed by atoms with Gasteiger partial charge in [-0.1, -0.05) is 0 Å². The molecule has 0 bridgehead atoms. The fourth-order valence-electron chi connectivity index (χ4n) is 3.29. The van der Waals surface area contributed by atoms with Crippen molar-refractivity contribution in [3.63, 3.8) is 0 Å². The second-order valence-electron chi connectivity index (χ2n) is 6.62. The average Bonchev–Trinajstić information content (AvgIpc) is 3.10. The van der Waals surface area contributed by atoms with Gasteiger partial charge in [0.05, 0.1) is 22.7 Å². The Morgan fingerprint density at radius 3 is 2.59 bits per heavy atom. The zero-order valence-corrected chi connectivity index (χ0v) is 14.4. The van der Waals surface area contributed by atoms with Crippen LogP contribution in [0.1, 0.15) is 28.8 Å². The molecule has 0 N–H and O–H groups in total. The molecule has 7 heteroatoms. The molecular weight excluding hydrogens is 350 g/mol. The smallest absolute Gasteiger partial charge is 0.255 e. The van der Waals surface area contributed by atoms with Gasteiger partial charge in [0.2, 0.25) is 0 Å². The Morgan fingerprint density at radius 2 is 1.93 bits per heavy atom. The van der Waals surface area contributed by atoms with Crippen molar-refractivity contribution in [2.24, 2.45) is 0 Å². The first-order valence-electron chi connectivity index (χ1n) is 8.62. The summed E-state index contributed by atoms with van der Waals surface area (Å²) in [5.74, 6) is -2.32. The highest BCUT2D eigenvalue weighted by molar-refractivity contribution is 5.94. The summed E-state index contributed by atoms with van der Waals surface area (Å²) in [6, 6.07) is 12.8. The first-order chi connectivity index (χ1) is 13.0. The van der Waals surface area contributed by atoms with Crippen LogP contribution in [0.4, 0.5) is 8.78 Å². The lowest BCUT2D eigenvalue weighted by molar-refractivity contribution is -0.0494. The van der Waals surface area contributed by atoms with Gasteiger partial charge in [-0.05, 0) is 36.4 Å². The van der Waals surface area contributed by atoms with Crippen LogP contribution in [0.5, 0.6) is 0 Å². The van der Waals surface area contributed by atoms with Gasteiger partial charge >= 0.3 is 0 Å². The van der Waals surface area contributed by atoms with Crippen molar-refractivity contribution >= 4 is 16.8 Å². The van der Waals surface area contributed by atoms with Crippen molar-refractivity contribution in [1.29, 1.82) is 5.26 Å². The summed E-state index contributed by atoms with van der Waals surface area (Å²) < 4.78 is 28.4. The van der Waals surface area contributed by atoms with Crippen LogP contribution in [0, 0.1) is 11.3 Å². The number of nitrogens with zero attached hydrogens (tertiary/aromatic N) is 4. The van der Waals surface area contributed by atoms with E-state index in [1.807, 2.05) is 22.9 Å². The minimum absolute atomic E-state index is 0.0526. The summed E-state index contributed by atoms with van der Waals surface area (Å²) in [6.07, 6.45) is 2.72. The standard InChI is InChI=1S/C20H16F2N4O/c21-20(22)6-9-25(10-7-20)19(27)16-2-4-18(24-13-16)26-8-5-15-11-14(12-23)1-3-17(15)26/h1-5,8,11,13H,6-7,9-10H2. The van der Waals surface area contributed by atoms with E-state index in [1.165, 1.54) is 11.1 Å². The average molecular weight is 366 g/mol. The molecule has 1 saturated heterocycles. The third-order valence-corrected chi connectivity index (χ3v) is 4.84. The fourth-order valence-corrected chi connectivity index (χ4v) is 3.29. The van der Waals surface area contributed by atoms with Crippen LogP contribution in [0.15, 0.2) is 48.8 Å². The second kappa shape index (κ2) is 6.47. The van der Waals surface area contributed by atoms with E-state index < -0.39 is 5.92 Å². The molecule has 1 amide bonds. The molecule has 2 aromatic heterocycles. The number of benzene rings is 1. The molecule has 5 nitrogen and oxygen atoms in total. The van der Waals surface area contributed by atoms with E-state index in [-0.39, 0.29) is 31.8 Å². The Labute approximate surface area is 154 Å². The molecule has 1 fully saturated rings. The SMILES string of the molecule is N#Cc1ccc2c(ccn2-c2ccc(C(=O)N3CCC(F)(F)CC3)cn2)c1. The largest absolute Gasteiger partial charge is 0.338 e. The summed E-state index contributed by atoms with van der Waals surface area (Å²) >= 11 is 0. The lowest BCUT2D eigenvalue weighted by Gasteiger charge is -2.31. The predicted octanol–water partition coefficient (Wildman–Crippen LogP) is 3.77. The summed E-state index contributed by atoms with van der Waals surface area (Å²) in [7, 11) is 0. The van der Waals surface area contributed by atoms with Crippen LogP contribution in [-0.4, -0.2) is 39.4 Å². The first-order valence-corrected chi connectivity index (χ1v) is 8.62. The van der Waals surface area contributed by atoms with Crippen LogP contribution in [-0.2, 0) is 0 Å². The van der Waals surface area contributed by atoms with Gasteiger partial charge in [0.25, 0.3) is 11.8 Å². The summed E-state index contributed by atoms with van der Waals surface area (Å²) in [5.41, 5.74) is 1.87. The number of halogens is 2. The zero-order chi connectivity index (χ0) is 19.0. The number of pyridine rings is 1. The molecule has 0 saturated carbocycles. The highest BCUT2D eigenvalue weighted by Gasteiger charge is 2.35. The van der Waals surface area contributed by atoms with Crippen LogP contribution in [0.3, 0.4) is 0 Å². The molecule has 0 spiro atoms. The molecule has 1 aliphatic heterocycles. The van der Waals surface area contributed by atoms with Gasteiger partial charge in [0, 0.05) is 43.7 Å². The first kappa shape index (κ1) is 17.2. The molecule has 0 radical (unpaired) electrons. The fraction of sp³-hybridized carbons (Fsp3) is 0.250. The third-order valence-electron chi connectivity index (χ3n) is 4.84. The lowest BCUT2D eigenvalue weighted by atomic mass is 10.1. The topological polar surface area (TPSA) is 61.9 Å². The molecule has 4 rings (SSSR count). The molecular formula is C20H16F2N4O. The number of aromatic nitrogens is 2. The maximum atomic E-state index is 13.3. The molecule has 1 aromatic carbocycles. The van der Waals surface area contributed by atoms with Gasteiger partial charge in [-0.2, -0.15) is 5.26 Å². The van der Waals surface area contributed by atoms with Gasteiger partial charge in [-0.25, -0.2) is 13.8 Å². The molecule has 3 aromatic rings. The quantitative estimate of drug-likeness (QED) is 0.694. The summed E-state index contributed by atoms with van der Waals surface area (Å²) in [4.78, 5) is 18.3. The van der Waals surface area contributed by atoms with Gasteiger partial charge < -0.3 is 9.47 Å². The van der Waals surface area contributed by atoms with Crippen molar-refractivity contribution in [2.75, 3.05) is 13.1 Å². The lowest BCUT2D eigenvalue weighted by Crippen LogP contribution is -2.42. The maximum absolute atomic E-state index is 13.3. The number of likely N-dealkylation sites (tertiary alicyclic amines) is 1. The Kier molecular flexibility index (Phi) is 4.11. The minimum atomic E-state index is -2.68. The second-order valence-corrected chi connectivity index (χ2v) is 6.62. The molecule has 136 valence electrons. The van der Waals surface area contributed by atoms with E-state index in [4.69, 9.17) is 5.26 Å². The number of piperidine rings is 1. The number of amides is 1. The maximum Gasteiger partial charge on any atom is 0.255 e. The van der Waals surface area contributed by atoms with E-state index in [0.29, 0.717) is 16.9 Å². The number of carbonyl (C=O) groups excluding carboxylic acids is 1. The Bertz CT molecular complexity index is 1040. The number of alkyl halides is 2. The van der Waals surface area contributed by atoms with E-state index in [2.05, 4.69) is 11.1 Å². The van der Waals surface area contributed by atoms with Crippen LogP contribution in [0.25, 0.3) is 16.7 Å². The van der Waals surface area contributed by atoms with Gasteiger partial charge in [-0.15, -0.1) is 0 Å². The highest BCUT2D eigenvalue weighted by Crippen LogP contribution is 2.28. The van der Waals surface area contributed by atoms with E-state index >= 15 is 0 Å². The highest BCUT2D eigenvalue weighted by atomic mass is 19.3. The van der Waals surface area contributed by atoms with Crippen molar-refractivity contribution in [2.45, 2.75) is 18.8 Å². The van der Waals surface area contributed by atoms with Crippen molar-refractivity contribution < 1.29 is 13.6 Å². The van der Waals surface area contributed by atoms with Crippen molar-refractivity contribution in [1.82, 2.24) is 14.5 Å². The number of hydrogen-bond acceptors (Lipinski definition) is 3. The summed E-state index contributed by atoms with van der Waals surface area (Å²) in [6.45, 7) is 0.105. The Balaban J connectivity index is 1.56.